The van der Waals surface area contributed by atoms with Crippen LogP contribution in [0, 0.1) is 13.8 Å². The van der Waals surface area contributed by atoms with E-state index in [4.69, 9.17) is 4.74 Å². The Morgan fingerprint density at radius 1 is 1.35 bits per heavy atom. The Labute approximate surface area is 116 Å². The van der Waals surface area contributed by atoms with Crippen LogP contribution in [0.15, 0.2) is 24.4 Å². The summed E-state index contributed by atoms with van der Waals surface area (Å²) in [5.74, 6) is -0.219. The molecule has 0 aromatic carbocycles. The molecule has 0 bridgehead atoms. The molecule has 0 amide bonds. The summed E-state index contributed by atoms with van der Waals surface area (Å²) in [7, 11) is 1.53. The first-order valence-electron chi connectivity index (χ1n) is 6.00. The fourth-order valence-electron chi connectivity index (χ4n) is 1.91. The Kier molecular flexibility index (Phi) is 3.84. The summed E-state index contributed by atoms with van der Waals surface area (Å²) < 4.78 is 4.97. The fourth-order valence-corrected chi connectivity index (χ4v) is 1.91. The van der Waals surface area contributed by atoms with Crippen molar-refractivity contribution < 1.29 is 14.6 Å². The monoisotopic (exact) mass is 273 g/mol. The summed E-state index contributed by atoms with van der Waals surface area (Å²) >= 11 is 0. The fraction of sp³-hybridized carbons (Fsp3) is 0.214. The van der Waals surface area contributed by atoms with E-state index in [1.165, 1.54) is 7.11 Å². The molecule has 0 aliphatic heterocycles. The van der Waals surface area contributed by atoms with Crippen molar-refractivity contribution in [1.29, 1.82) is 0 Å². The number of carboxylic acid groups (broad SMARTS) is 1. The average Bonchev–Trinajstić information content (AvgIpc) is 2.38. The molecule has 0 aliphatic carbocycles. The number of aryl methyl sites for hydroxylation is 2. The van der Waals surface area contributed by atoms with Crippen LogP contribution in [0.25, 0.3) is 0 Å². The predicted molar refractivity (Wildman–Crippen MR) is 74.7 cm³/mol. The van der Waals surface area contributed by atoms with Crippen molar-refractivity contribution in [3.8, 4) is 5.88 Å². The van der Waals surface area contributed by atoms with Gasteiger partial charge in [0.05, 0.1) is 19.0 Å². The number of nitrogens with one attached hydrogen (secondary N) is 1. The highest BCUT2D eigenvalue weighted by Gasteiger charge is 2.15. The second-order valence-electron chi connectivity index (χ2n) is 4.32. The van der Waals surface area contributed by atoms with Gasteiger partial charge in [0.1, 0.15) is 11.4 Å². The van der Waals surface area contributed by atoms with E-state index in [1.807, 2.05) is 6.92 Å². The second-order valence-corrected chi connectivity index (χ2v) is 4.32. The maximum atomic E-state index is 11.3. The minimum absolute atomic E-state index is 0.159. The van der Waals surface area contributed by atoms with Crippen molar-refractivity contribution in [3.05, 3.63) is 41.2 Å². The van der Waals surface area contributed by atoms with Crippen LogP contribution in [0.2, 0.25) is 0 Å². The van der Waals surface area contributed by atoms with Crippen LogP contribution in [0.5, 0.6) is 5.88 Å². The SMILES string of the molecule is COc1ccc(Nc2nc(C)cc(C)c2C(=O)O)cn1. The molecule has 0 atom stereocenters. The van der Waals surface area contributed by atoms with Crippen molar-refractivity contribution in [2.24, 2.45) is 0 Å². The summed E-state index contributed by atoms with van der Waals surface area (Å²) in [4.78, 5) is 19.6. The Morgan fingerprint density at radius 3 is 2.65 bits per heavy atom. The van der Waals surface area contributed by atoms with Crippen molar-refractivity contribution in [3.63, 3.8) is 0 Å². The van der Waals surface area contributed by atoms with Crippen LogP contribution in [-0.4, -0.2) is 28.2 Å². The zero-order chi connectivity index (χ0) is 14.7. The molecule has 2 heterocycles. The van der Waals surface area contributed by atoms with E-state index in [1.54, 1.807) is 31.3 Å². The highest BCUT2D eigenvalue weighted by atomic mass is 16.5. The topological polar surface area (TPSA) is 84.3 Å². The number of pyridine rings is 2. The van der Waals surface area contributed by atoms with Crippen molar-refractivity contribution in [2.45, 2.75) is 13.8 Å². The van der Waals surface area contributed by atoms with Crippen LogP contribution >= 0.6 is 0 Å². The van der Waals surface area contributed by atoms with Gasteiger partial charge in [0.25, 0.3) is 0 Å². The number of anilines is 2. The molecule has 0 radical (unpaired) electrons. The van der Waals surface area contributed by atoms with Gasteiger partial charge in [-0.1, -0.05) is 0 Å². The number of ether oxygens (including phenoxy) is 1. The molecule has 0 fully saturated rings. The predicted octanol–water partition coefficient (Wildman–Crippen LogP) is 2.54. The summed E-state index contributed by atoms with van der Waals surface area (Å²) in [6, 6.07) is 5.17. The van der Waals surface area contributed by atoms with Gasteiger partial charge in [-0.2, -0.15) is 0 Å². The lowest BCUT2D eigenvalue weighted by Crippen LogP contribution is -2.08. The Morgan fingerprint density at radius 2 is 2.10 bits per heavy atom. The van der Waals surface area contributed by atoms with Crippen LogP contribution in [0.3, 0.4) is 0 Å². The third kappa shape index (κ3) is 2.85. The van der Waals surface area contributed by atoms with Gasteiger partial charge in [-0.15, -0.1) is 0 Å². The molecular weight excluding hydrogens is 258 g/mol. The highest BCUT2D eigenvalue weighted by molar-refractivity contribution is 5.95. The van der Waals surface area contributed by atoms with Gasteiger partial charge in [-0.25, -0.2) is 14.8 Å². The molecule has 2 N–H and O–H groups in total. The van der Waals surface area contributed by atoms with Crippen LogP contribution in [-0.2, 0) is 0 Å². The lowest BCUT2D eigenvalue weighted by Gasteiger charge is -2.12. The molecule has 20 heavy (non-hydrogen) atoms. The zero-order valence-electron chi connectivity index (χ0n) is 11.5. The number of nitrogens with zero attached hydrogens (tertiary/aromatic N) is 2. The lowest BCUT2D eigenvalue weighted by molar-refractivity contribution is 0.0697. The third-order valence-corrected chi connectivity index (χ3v) is 2.77. The van der Waals surface area contributed by atoms with E-state index in [9.17, 15) is 9.90 Å². The molecule has 2 aromatic rings. The molecule has 6 heteroatoms. The molecule has 6 nitrogen and oxygen atoms in total. The Bertz CT molecular complexity index is 639. The largest absolute Gasteiger partial charge is 0.481 e. The summed E-state index contributed by atoms with van der Waals surface area (Å²) in [5.41, 5.74) is 2.21. The first-order chi connectivity index (χ1) is 9.51. The van der Waals surface area contributed by atoms with Crippen LogP contribution in [0.4, 0.5) is 11.5 Å². The molecule has 2 rings (SSSR count). The molecule has 2 aromatic heterocycles. The zero-order valence-corrected chi connectivity index (χ0v) is 11.5. The third-order valence-electron chi connectivity index (χ3n) is 2.77. The van der Waals surface area contributed by atoms with Gasteiger partial charge in [0.2, 0.25) is 5.88 Å². The standard InChI is InChI=1S/C14H15N3O3/c1-8-6-9(2)16-13(12(8)14(18)19)17-10-4-5-11(20-3)15-7-10/h4-7H,1-3H3,(H,16,17)(H,18,19). The van der Waals surface area contributed by atoms with E-state index in [-0.39, 0.29) is 5.56 Å². The molecule has 104 valence electrons. The number of hydrogen-bond acceptors (Lipinski definition) is 5. The summed E-state index contributed by atoms with van der Waals surface area (Å²) in [6.07, 6.45) is 1.56. The smallest absolute Gasteiger partial charge is 0.339 e. The second kappa shape index (κ2) is 5.56. The van der Waals surface area contributed by atoms with E-state index in [0.29, 0.717) is 22.9 Å². The normalized spacial score (nSPS) is 10.2. The van der Waals surface area contributed by atoms with Gasteiger partial charge in [0, 0.05) is 11.8 Å². The number of carboxylic acids is 1. The maximum Gasteiger partial charge on any atom is 0.339 e. The van der Waals surface area contributed by atoms with Crippen LogP contribution < -0.4 is 10.1 Å². The molecule has 0 spiro atoms. The summed E-state index contributed by atoms with van der Waals surface area (Å²) in [5, 5.41) is 12.3. The van der Waals surface area contributed by atoms with Crippen LogP contribution in [0.1, 0.15) is 21.6 Å². The summed E-state index contributed by atoms with van der Waals surface area (Å²) in [6.45, 7) is 3.56. The minimum Gasteiger partial charge on any atom is -0.481 e. The number of aromatic carboxylic acids is 1. The Balaban J connectivity index is 2.39. The lowest BCUT2D eigenvalue weighted by atomic mass is 10.1. The van der Waals surface area contributed by atoms with E-state index < -0.39 is 5.97 Å². The van der Waals surface area contributed by atoms with Gasteiger partial charge in [-0.3, -0.25) is 0 Å². The molecule has 0 saturated carbocycles. The molecule has 0 saturated heterocycles. The maximum absolute atomic E-state index is 11.3. The van der Waals surface area contributed by atoms with E-state index >= 15 is 0 Å². The number of aromatic nitrogens is 2. The van der Waals surface area contributed by atoms with Gasteiger partial charge in [0.15, 0.2) is 0 Å². The molecule has 0 aliphatic rings. The van der Waals surface area contributed by atoms with Gasteiger partial charge in [-0.05, 0) is 31.5 Å². The number of carbonyl (C=O) groups is 1. The van der Waals surface area contributed by atoms with E-state index in [0.717, 1.165) is 5.69 Å². The van der Waals surface area contributed by atoms with Gasteiger partial charge < -0.3 is 15.2 Å². The number of rotatable bonds is 4. The van der Waals surface area contributed by atoms with Crippen molar-refractivity contribution in [2.75, 3.05) is 12.4 Å². The average molecular weight is 273 g/mol. The number of methoxy groups -OCH3 is 1. The van der Waals surface area contributed by atoms with Crippen molar-refractivity contribution in [1.82, 2.24) is 9.97 Å². The first kappa shape index (κ1) is 13.8. The van der Waals surface area contributed by atoms with E-state index in [2.05, 4.69) is 15.3 Å². The van der Waals surface area contributed by atoms with Crippen molar-refractivity contribution >= 4 is 17.5 Å². The highest BCUT2D eigenvalue weighted by Crippen LogP contribution is 2.23. The molecule has 0 unspecified atom stereocenters. The molecular formula is C14H15N3O3. The first-order valence-corrected chi connectivity index (χ1v) is 6.00. The Hall–Kier alpha value is -2.63. The quantitative estimate of drug-likeness (QED) is 0.890. The minimum atomic E-state index is -1.01. The number of hydrogen-bond donors (Lipinski definition) is 2. The van der Waals surface area contributed by atoms with Gasteiger partial charge >= 0.3 is 5.97 Å².